The second-order valence-electron chi connectivity index (χ2n) is 5.40. The molecule has 2 rings (SSSR count). The average molecular weight is 275 g/mol. The van der Waals surface area contributed by atoms with Crippen molar-refractivity contribution in [1.82, 2.24) is 0 Å². The van der Waals surface area contributed by atoms with Crippen molar-refractivity contribution in [2.45, 2.75) is 38.7 Å². The van der Waals surface area contributed by atoms with Gasteiger partial charge in [-0.25, -0.2) is 4.79 Å². The number of rotatable bonds is 5. The van der Waals surface area contributed by atoms with Gasteiger partial charge in [-0.15, -0.1) is 0 Å². The number of benzene rings is 1. The van der Waals surface area contributed by atoms with Crippen molar-refractivity contribution in [2.75, 3.05) is 6.61 Å². The molecular formula is C15H17NO4. The zero-order valence-electron chi connectivity index (χ0n) is 11.6. The summed E-state index contributed by atoms with van der Waals surface area (Å²) < 4.78 is 11.4. The summed E-state index contributed by atoms with van der Waals surface area (Å²) in [5.74, 6) is 0.108. The third kappa shape index (κ3) is 3.02. The minimum absolute atomic E-state index is 0.150. The molecule has 0 fully saturated rings. The molecule has 5 heteroatoms. The number of nitriles is 1. The van der Waals surface area contributed by atoms with Gasteiger partial charge >= 0.3 is 5.97 Å². The Kier molecular flexibility index (Phi) is 3.84. The van der Waals surface area contributed by atoms with Gasteiger partial charge in [0.15, 0.2) is 0 Å². The molecule has 0 aliphatic carbocycles. The minimum atomic E-state index is -1.01. The molecule has 106 valence electrons. The van der Waals surface area contributed by atoms with Crippen LogP contribution in [0.2, 0.25) is 0 Å². The van der Waals surface area contributed by atoms with Crippen molar-refractivity contribution in [3.8, 4) is 17.6 Å². The van der Waals surface area contributed by atoms with E-state index in [2.05, 4.69) is 6.07 Å². The van der Waals surface area contributed by atoms with Crippen LogP contribution in [-0.4, -0.2) is 23.3 Å². The molecule has 5 nitrogen and oxygen atoms in total. The van der Waals surface area contributed by atoms with Gasteiger partial charge in [0, 0.05) is 18.4 Å². The molecule has 0 spiro atoms. The van der Waals surface area contributed by atoms with Crippen LogP contribution in [0.15, 0.2) is 12.1 Å². The smallest absolute Gasteiger partial charge is 0.335 e. The first-order valence-electron chi connectivity index (χ1n) is 6.52. The molecule has 0 bridgehead atoms. The number of carboxylic acids is 1. The third-order valence-electron chi connectivity index (χ3n) is 3.09. The Morgan fingerprint density at radius 3 is 2.95 bits per heavy atom. The van der Waals surface area contributed by atoms with Crippen LogP contribution in [0.5, 0.6) is 11.5 Å². The Bertz CT molecular complexity index is 572. The summed E-state index contributed by atoms with van der Waals surface area (Å²) in [4.78, 5) is 11.1. The maximum absolute atomic E-state index is 11.1. The predicted molar refractivity (Wildman–Crippen MR) is 72.2 cm³/mol. The Morgan fingerprint density at radius 2 is 2.30 bits per heavy atom. The number of ether oxygens (including phenoxy) is 2. The average Bonchev–Trinajstić information content (AvgIpc) is 2.68. The standard InChI is InChI=1S/C15H17NO4/c1-15(2)9-11-12(19-6-4-3-5-16)7-10(14(17)18)8-13(11)20-15/h7-8H,3-4,6,9H2,1-2H3,(H,17,18). The fourth-order valence-corrected chi connectivity index (χ4v) is 2.23. The summed E-state index contributed by atoms with van der Waals surface area (Å²) in [5.41, 5.74) is 0.693. The van der Waals surface area contributed by atoms with Crippen molar-refractivity contribution < 1.29 is 19.4 Å². The van der Waals surface area contributed by atoms with Crippen molar-refractivity contribution in [2.24, 2.45) is 0 Å². The van der Waals surface area contributed by atoms with Crippen LogP contribution in [0.1, 0.15) is 42.6 Å². The number of carbonyl (C=O) groups is 1. The maximum atomic E-state index is 11.1. The van der Waals surface area contributed by atoms with E-state index < -0.39 is 5.97 Å². The SMILES string of the molecule is CC1(C)Cc2c(OCCCC#N)cc(C(=O)O)cc2O1. The van der Waals surface area contributed by atoms with Crippen LogP contribution in [0, 0.1) is 11.3 Å². The lowest BCUT2D eigenvalue weighted by Gasteiger charge is -2.16. The highest BCUT2D eigenvalue weighted by atomic mass is 16.5. The van der Waals surface area contributed by atoms with Crippen LogP contribution in [0.25, 0.3) is 0 Å². The van der Waals surface area contributed by atoms with Gasteiger partial charge in [-0.2, -0.15) is 5.26 Å². The van der Waals surface area contributed by atoms with Crippen molar-refractivity contribution >= 4 is 5.97 Å². The molecule has 1 aliphatic rings. The fourth-order valence-electron chi connectivity index (χ4n) is 2.23. The highest BCUT2D eigenvalue weighted by Gasteiger charge is 2.33. The van der Waals surface area contributed by atoms with E-state index in [9.17, 15) is 4.79 Å². The molecule has 1 heterocycles. The normalized spacial score (nSPS) is 15.1. The quantitative estimate of drug-likeness (QED) is 0.836. The maximum Gasteiger partial charge on any atom is 0.335 e. The van der Waals surface area contributed by atoms with Crippen molar-refractivity contribution in [1.29, 1.82) is 5.26 Å². The van der Waals surface area contributed by atoms with E-state index in [1.54, 1.807) is 0 Å². The van der Waals surface area contributed by atoms with Crippen molar-refractivity contribution in [3.05, 3.63) is 23.3 Å². The predicted octanol–water partition coefficient (Wildman–Crippen LogP) is 2.78. The van der Waals surface area contributed by atoms with E-state index in [0.717, 1.165) is 5.56 Å². The molecule has 0 unspecified atom stereocenters. The summed E-state index contributed by atoms with van der Waals surface area (Å²) in [6.07, 6.45) is 1.71. The molecular weight excluding hydrogens is 258 g/mol. The Morgan fingerprint density at radius 1 is 1.55 bits per heavy atom. The largest absolute Gasteiger partial charge is 0.493 e. The molecule has 1 aromatic rings. The van der Waals surface area contributed by atoms with Gasteiger partial charge in [-0.05, 0) is 32.4 Å². The molecule has 0 atom stereocenters. The van der Waals surface area contributed by atoms with Crippen LogP contribution >= 0.6 is 0 Å². The summed E-state index contributed by atoms with van der Waals surface area (Å²) in [6.45, 7) is 4.29. The third-order valence-corrected chi connectivity index (χ3v) is 3.09. The van der Waals surface area contributed by atoms with Crippen LogP contribution in [0.4, 0.5) is 0 Å². The number of aromatic carboxylic acids is 1. The Hall–Kier alpha value is -2.22. The van der Waals surface area contributed by atoms with Gasteiger partial charge in [0.05, 0.1) is 18.2 Å². The lowest BCUT2D eigenvalue weighted by atomic mass is 10.00. The molecule has 0 aromatic heterocycles. The minimum Gasteiger partial charge on any atom is -0.493 e. The lowest BCUT2D eigenvalue weighted by Crippen LogP contribution is -2.24. The fraction of sp³-hybridized carbons (Fsp3) is 0.467. The van der Waals surface area contributed by atoms with Gasteiger partial charge in [0.1, 0.15) is 17.1 Å². The van der Waals surface area contributed by atoms with E-state index in [4.69, 9.17) is 19.8 Å². The monoisotopic (exact) mass is 275 g/mol. The first kappa shape index (κ1) is 14.2. The van der Waals surface area contributed by atoms with Gasteiger partial charge in [-0.1, -0.05) is 0 Å². The first-order valence-corrected chi connectivity index (χ1v) is 6.52. The zero-order chi connectivity index (χ0) is 14.8. The number of hydrogen-bond acceptors (Lipinski definition) is 4. The van der Waals surface area contributed by atoms with Crippen LogP contribution in [-0.2, 0) is 6.42 Å². The van der Waals surface area contributed by atoms with E-state index in [-0.39, 0.29) is 11.2 Å². The summed E-state index contributed by atoms with van der Waals surface area (Å²) in [7, 11) is 0. The molecule has 0 saturated carbocycles. The molecule has 1 N–H and O–H groups in total. The molecule has 1 aliphatic heterocycles. The molecule has 1 aromatic carbocycles. The van der Waals surface area contributed by atoms with Gasteiger partial charge < -0.3 is 14.6 Å². The highest BCUT2D eigenvalue weighted by Crippen LogP contribution is 2.41. The number of fused-ring (bicyclic) bond motifs is 1. The van der Waals surface area contributed by atoms with Crippen LogP contribution in [0.3, 0.4) is 0 Å². The first-order chi connectivity index (χ1) is 9.43. The van der Waals surface area contributed by atoms with E-state index >= 15 is 0 Å². The molecule has 0 amide bonds. The van der Waals surface area contributed by atoms with Gasteiger partial charge in [0.2, 0.25) is 0 Å². The Balaban J connectivity index is 2.26. The molecule has 20 heavy (non-hydrogen) atoms. The number of hydrogen-bond donors (Lipinski definition) is 1. The lowest BCUT2D eigenvalue weighted by molar-refractivity contribution is 0.0695. The number of unbranched alkanes of at least 4 members (excludes halogenated alkanes) is 1. The zero-order valence-corrected chi connectivity index (χ0v) is 11.6. The summed E-state index contributed by atoms with van der Waals surface area (Å²) >= 11 is 0. The van der Waals surface area contributed by atoms with Gasteiger partial charge in [-0.3, -0.25) is 0 Å². The highest BCUT2D eigenvalue weighted by molar-refractivity contribution is 5.89. The molecule has 0 saturated heterocycles. The van der Waals surface area contributed by atoms with E-state index in [1.165, 1.54) is 12.1 Å². The number of carboxylic acid groups (broad SMARTS) is 1. The molecule has 0 radical (unpaired) electrons. The topological polar surface area (TPSA) is 79.5 Å². The van der Waals surface area contributed by atoms with Gasteiger partial charge in [0.25, 0.3) is 0 Å². The summed E-state index contributed by atoms with van der Waals surface area (Å²) in [6, 6.07) is 5.11. The van der Waals surface area contributed by atoms with Crippen molar-refractivity contribution in [3.63, 3.8) is 0 Å². The van der Waals surface area contributed by atoms with Crippen LogP contribution < -0.4 is 9.47 Å². The summed E-state index contributed by atoms with van der Waals surface area (Å²) in [5, 5.41) is 17.6. The Labute approximate surface area is 117 Å². The van der Waals surface area contributed by atoms with E-state index in [1.807, 2.05) is 13.8 Å². The number of nitrogens with zero attached hydrogens (tertiary/aromatic N) is 1. The van der Waals surface area contributed by atoms with E-state index in [0.29, 0.717) is 37.4 Å². The second-order valence-corrected chi connectivity index (χ2v) is 5.40. The second kappa shape index (κ2) is 5.41.